The fourth-order valence-corrected chi connectivity index (χ4v) is 4.09. The Labute approximate surface area is 142 Å². The number of nitrogens with zero attached hydrogens (tertiary/aromatic N) is 1. The minimum absolute atomic E-state index is 0.0109. The maximum atomic E-state index is 12.2. The van der Waals surface area contributed by atoms with Gasteiger partial charge in [0.25, 0.3) is 0 Å². The van der Waals surface area contributed by atoms with Crippen molar-refractivity contribution in [1.29, 1.82) is 0 Å². The summed E-state index contributed by atoms with van der Waals surface area (Å²) in [6.45, 7) is 0.820. The summed E-state index contributed by atoms with van der Waals surface area (Å²) in [5.41, 5.74) is 1.61. The zero-order valence-corrected chi connectivity index (χ0v) is 14.1. The number of carbonyl (C=O) groups is 1. The van der Waals surface area contributed by atoms with E-state index in [1.807, 2.05) is 48.5 Å². The smallest absolute Gasteiger partial charge is 0.227 e. The molecule has 2 aromatic carbocycles. The van der Waals surface area contributed by atoms with E-state index in [1.165, 1.54) is 0 Å². The molecule has 0 radical (unpaired) electrons. The van der Waals surface area contributed by atoms with Crippen LogP contribution >= 0.6 is 0 Å². The van der Waals surface area contributed by atoms with E-state index in [2.05, 4.69) is 4.72 Å². The highest BCUT2D eigenvalue weighted by Gasteiger charge is 2.31. The predicted molar refractivity (Wildman–Crippen MR) is 94.0 cm³/mol. The van der Waals surface area contributed by atoms with Crippen molar-refractivity contribution in [2.24, 2.45) is 5.92 Å². The Hall–Kier alpha value is -2.18. The zero-order chi connectivity index (χ0) is 17.0. The Balaban J connectivity index is 1.57. The maximum absolute atomic E-state index is 12.2. The Kier molecular flexibility index (Phi) is 4.97. The average molecular weight is 344 g/mol. The van der Waals surface area contributed by atoms with Crippen molar-refractivity contribution in [3.8, 4) is 0 Å². The van der Waals surface area contributed by atoms with Gasteiger partial charge in [0.1, 0.15) is 0 Å². The number of rotatable bonds is 6. The van der Waals surface area contributed by atoms with Crippen LogP contribution in [-0.4, -0.2) is 27.4 Å². The third-order valence-electron chi connectivity index (χ3n) is 4.06. The number of nitrogens with one attached hydrogen (secondary N) is 1. The van der Waals surface area contributed by atoms with Gasteiger partial charge in [0.2, 0.25) is 15.9 Å². The van der Waals surface area contributed by atoms with Crippen LogP contribution in [0.4, 0.5) is 5.69 Å². The van der Waals surface area contributed by atoms with Crippen molar-refractivity contribution < 1.29 is 13.2 Å². The first kappa shape index (κ1) is 16.7. The highest BCUT2D eigenvalue weighted by Crippen LogP contribution is 2.24. The number of anilines is 1. The summed E-state index contributed by atoms with van der Waals surface area (Å²) in [5.74, 6) is -0.0200. The number of amides is 1. The molecule has 1 amide bonds. The lowest BCUT2D eigenvalue weighted by molar-refractivity contribution is -0.117. The van der Waals surface area contributed by atoms with E-state index in [0.717, 1.165) is 11.3 Å². The molecule has 0 bridgehead atoms. The molecule has 1 fully saturated rings. The number of carbonyl (C=O) groups excluding carboxylic acids is 1. The minimum atomic E-state index is -3.40. The molecule has 2 aromatic rings. The van der Waals surface area contributed by atoms with Crippen LogP contribution in [-0.2, 0) is 20.6 Å². The standard InChI is InChI=1S/C18H20N2O3S/c21-18-11-16(13-20(18)17-9-5-2-6-10-17)12-19-24(22,23)14-15-7-3-1-4-8-15/h1-10,16,19H,11-14H2. The summed E-state index contributed by atoms with van der Waals surface area (Å²) in [6, 6.07) is 18.5. The summed E-state index contributed by atoms with van der Waals surface area (Å²) in [6.07, 6.45) is 0.364. The summed E-state index contributed by atoms with van der Waals surface area (Å²) in [4.78, 5) is 13.9. The third-order valence-corrected chi connectivity index (χ3v) is 5.38. The summed E-state index contributed by atoms with van der Waals surface area (Å²) < 4.78 is 27.0. The van der Waals surface area contributed by atoms with Gasteiger partial charge in [-0.05, 0) is 23.6 Å². The molecule has 0 saturated carbocycles. The fraction of sp³-hybridized carbons (Fsp3) is 0.278. The fourth-order valence-electron chi connectivity index (χ4n) is 2.87. The molecule has 3 rings (SSSR count). The molecule has 126 valence electrons. The molecule has 1 N–H and O–H groups in total. The van der Waals surface area contributed by atoms with Crippen LogP contribution in [0.2, 0.25) is 0 Å². The van der Waals surface area contributed by atoms with E-state index in [0.29, 0.717) is 13.0 Å². The second-order valence-electron chi connectivity index (χ2n) is 6.00. The molecule has 5 nitrogen and oxygen atoms in total. The van der Waals surface area contributed by atoms with Gasteiger partial charge >= 0.3 is 0 Å². The van der Waals surface area contributed by atoms with Crippen molar-refractivity contribution >= 4 is 21.6 Å². The number of hydrogen-bond donors (Lipinski definition) is 1. The van der Waals surface area contributed by atoms with Crippen molar-refractivity contribution in [2.45, 2.75) is 12.2 Å². The van der Waals surface area contributed by atoms with Crippen LogP contribution in [0.15, 0.2) is 60.7 Å². The van der Waals surface area contributed by atoms with Gasteiger partial charge in [-0.15, -0.1) is 0 Å². The van der Waals surface area contributed by atoms with Gasteiger partial charge < -0.3 is 4.90 Å². The molecule has 0 aromatic heterocycles. The quantitative estimate of drug-likeness (QED) is 0.873. The molecule has 1 unspecified atom stereocenters. The molecular formula is C18H20N2O3S. The van der Waals surface area contributed by atoms with Crippen LogP contribution < -0.4 is 9.62 Å². The summed E-state index contributed by atoms with van der Waals surface area (Å²) in [5, 5.41) is 0. The molecule has 24 heavy (non-hydrogen) atoms. The van der Waals surface area contributed by atoms with Gasteiger partial charge in [0.05, 0.1) is 5.75 Å². The SMILES string of the molecule is O=C1CC(CNS(=O)(=O)Cc2ccccc2)CN1c1ccccc1. The lowest BCUT2D eigenvalue weighted by Gasteiger charge is -2.17. The Morgan fingerprint density at radius 3 is 2.29 bits per heavy atom. The van der Waals surface area contributed by atoms with Crippen molar-refractivity contribution in [1.82, 2.24) is 4.72 Å². The highest BCUT2D eigenvalue weighted by atomic mass is 32.2. The highest BCUT2D eigenvalue weighted by molar-refractivity contribution is 7.88. The maximum Gasteiger partial charge on any atom is 0.227 e. The first-order chi connectivity index (χ1) is 11.5. The van der Waals surface area contributed by atoms with E-state index < -0.39 is 10.0 Å². The monoisotopic (exact) mass is 344 g/mol. The minimum Gasteiger partial charge on any atom is -0.312 e. The van der Waals surface area contributed by atoms with Gasteiger partial charge in [-0.3, -0.25) is 4.79 Å². The van der Waals surface area contributed by atoms with Gasteiger partial charge in [0, 0.05) is 25.2 Å². The van der Waals surface area contributed by atoms with Crippen LogP contribution in [0.5, 0.6) is 0 Å². The molecule has 0 aliphatic carbocycles. The van der Waals surface area contributed by atoms with E-state index in [1.54, 1.807) is 17.0 Å². The molecule has 0 spiro atoms. The zero-order valence-electron chi connectivity index (χ0n) is 13.3. The summed E-state index contributed by atoms with van der Waals surface area (Å²) in [7, 11) is -3.40. The Morgan fingerprint density at radius 1 is 1.00 bits per heavy atom. The second kappa shape index (κ2) is 7.15. The van der Waals surface area contributed by atoms with Crippen LogP contribution in [0.3, 0.4) is 0 Å². The Morgan fingerprint density at radius 2 is 1.62 bits per heavy atom. The normalized spacial score (nSPS) is 18.1. The van der Waals surface area contributed by atoms with E-state index >= 15 is 0 Å². The van der Waals surface area contributed by atoms with Crippen LogP contribution in [0.25, 0.3) is 0 Å². The van der Waals surface area contributed by atoms with E-state index in [-0.39, 0.29) is 24.1 Å². The number of para-hydroxylation sites is 1. The van der Waals surface area contributed by atoms with Crippen LogP contribution in [0.1, 0.15) is 12.0 Å². The average Bonchev–Trinajstić information content (AvgIpc) is 2.95. The van der Waals surface area contributed by atoms with Gasteiger partial charge in [-0.2, -0.15) is 0 Å². The van der Waals surface area contributed by atoms with Gasteiger partial charge in [0.15, 0.2) is 0 Å². The molecule has 1 atom stereocenters. The predicted octanol–water partition coefficient (Wildman–Crippen LogP) is 2.16. The first-order valence-electron chi connectivity index (χ1n) is 7.90. The number of benzene rings is 2. The van der Waals surface area contributed by atoms with Crippen molar-refractivity contribution in [3.05, 3.63) is 66.2 Å². The van der Waals surface area contributed by atoms with Gasteiger partial charge in [-0.25, -0.2) is 13.1 Å². The molecule has 1 saturated heterocycles. The van der Waals surface area contributed by atoms with Gasteiger partial charge in [-0.1, -0.05) is 48.5 Å². The topological polar surface area (TPSA) is 66.5 Å². The second-order valence-corrected chi connectivity index (χ2v) is 7.81. The molecule has 1 heterocycles. The summed E-state index contributed by atoms with van der Waals surface area (Å²) >= 11 is 0. The first-order valence-corrected chi connectivity index (χ1v) is 9.55. The number of hydrogen-bond acceptors (Lipinski definition) is 3. The Bertz CT molecular complexity index is 792. The molecule has 6 heteroatoms. The van der Waals surface area contributed by atoms with Crippen LogP contribution in [0, 0.1) is 5.92 Å². The largest absolute Gasteiger partial charge is 0.312 e. The lowest BCUT2D eigenvalue weighted by Crippen LogP contribution is -2.32. The molecular weight excluding hydrogens is 324 g/mol. The van der Waals surface area contributed by atoms with E-state index in [4.69, 9.17) is 0 Å². The molecule has 1 aliphatic rings. The number of sulfonamides is 1. The lowest BCUT2D eigenvalue weighted by atomic mass is 10.1. The van der Waals surface area contributed by atoms with Crippen molar-refractivity contribution in [2.75, 3.05) is 18.0 Å². The van der Waals surface area contributed by atoms with Crippen molar-refractivity contribution in [3.63, 3.8) is 0 Å². The molecule has 1 aliphatic heterocycles. The van der Waals surface area contributed by atoms with E-state index in [9.17, 15) is 13.2 Å². The third kappa shape index (κ3) is 4.21.